The summed E-state index contributed by atoms with van der Waals surface area (Å²) in [4.78, 5) is 14.0. The Kier molecular flexibility index (Phi) is 3.59. The lowest BCUT2D eigenvalue weighted by Gasteiger charge is -2.30. The van der Waals surface area contributed by atoms with Crippen LogP contribution in [-0.2, 0) is 4.79 Å². The lowest BCUT2D eigenvalue weighted by atomic mass is 10.1. The molecule has 0 bridgehead atoms. The molecule has 2 fully saturated rings. The van der Waals surface area contributed by atoms with Crippen molar-refractivity contribution in [2.75, 3.05) is 19.7 Å². The summed E-state index contributed by atoms with van der Waals surface area (Å²) < 4.78 is 0. The molecule has 86 valence electrons. The number of carbonyl (C=O) groups is 1. The summed E-state index contributed by atoms with van der Waals surface area (Å²) in [6.07, 6.45) is 5.27. The lowest BCUT2D eigenvalue weighted by Crippen LogP contribution is -2.48. The number of hydrogen-bond donors (Lipinski definition) is 2. The van der Waals surface area contributed by atoms with Crippen LogP contribution in [0.25, 0.3) is 0 Å². The van der Waals surface area contributed by atoms with Crippen molar-refractivity contribution < 1.29 is 9.90 Å². The molecule has 0 aliphatic carbocycles. The maximum absolute atomic E-state index is 11.8. The number of rotatable bonds is 2. The fourth-order valence-electron chi connectivity index (χ4n) is 2.70. The SMILES string of the molecule is O=C1NCCCCC1N1CCC[C@@H]1CO. The van der Waals surface area contributed by atoms with Crippen molar-refractivity contribution in [3.05, 3.63) is 0 Å². The molecule has 2 N–H and O–H groups in total. The highest BCUT2D eigenvalue weighted by Crippen LogP contribution is 2.23. The first kappa shape index (κ1) is 10.9. The predicted molar refractivity (Wildman–Crippen MR) is 57.5 cm³/mol. The molecule has 15 heavy (non-hydrogen) atoms. The largest absolute Gasteiger partial charge is 0.395 e. The first-order chi connectivity index (χ1) is 7.33. The molecule has 0 radical (unpaired) electrons. The molecule has 0 aromatic carbocycles. The van der Waals surface area contributed by atoms with Crippen molar-refractivity contribution in [3.8, 4) is 0 Å². The second-order valence-electron chi connectivity index (χ2n) is 4.52. The van der Waals surface area contributed by atoms with Gasteiger partial charge in [0, 0.05) is 12.6 Å². The summed E-state index contributed by atoms with van der Waals surface area (Å²) in [5, 5.41) is 12.2. The van der Waals surface area contributed by atoms with Gasteiger partial charge in [-0.1, -0.05) is 0 Å². The number of nitrogens with one attached hydrogen (secondary N) is 1. The Balaban J connectivity index is 2.03. The van der Waals surface area contributed by atoms with Gasteiger partial charge in [-0.25, -0.2) is 0 Å². The van der Waals surface area contributed by atoms with E-state index < -0.39 is 0 Å². The van der Waals surface area contributed by atoms with Gasteiger partial charge in [0.15, 0.2) is 0 Å². The van der Waals surface area contributed by atoms with Crippen molar-refractivity contribution in [1.29, 1.82) is 0 Å². The minimum Gasteiger partial charge on any atom is -0.395 e. The van der Waals surface area contributed by atoms with E-state index in [1.165, 1.54) is 0 Å². The summed E-state index contributed by atoms with van der Waals surface area (Å²) in [5.41, 5.74) is 0. The van der Waals surface area contributed by atoms with E-state index in [2.05, 4.69) is 10.2 Å². The zero-order valence-electron chi connectivity index (χ0n) is 9.11. The van der Waals surface area contributed by atoms with E-state index in [1.807, 2.05) is 0 Å². The van der Waals surface area contributed by atoms with Gasteiger partial charge in [0.05, 0.1) is 12.6 Å². The van der Waals surface area contributed by atoms with Crippen LogP contribution in [0.2, 0.25) is 0 Å². The number of aliphatic hydroxyl groups is 1. The van der Waals surface area contributed by atoms with Crippen LogP contribution in [-0.4, -0.2) is 47.7 Å². The Labute approximate surface area is 90.6 Å². The average Bonchev–Trinajstić information content (AvgIpc) is 2.61. The molecule has 2 heterocycles. The average molecular weight is 212 g/mol. The van der Waals surface area contributed by atoms with E-state index in [-0.39, 0.29) is 24.6 Å². The van der Waals surface area contributed by atoms with Crippen LogP contribution >= 0.6 is 0 Å². The van der Waals surface area contributed by atoms with Gasteiger partial charge < -0.3 is 10.4 Å². The summed E-state index contributed by atoms with van der Waals surface area (Å²) >= 11 is 0. The number of carbonyl (C=O) groups excluding carboxylic acids is 1. The van der Waals surface area contributed by atoms with E-state index in [1.54, 1.807) is 0 Å². The van der Waals surface area contributed by atoms with Gasteiger partial charge in [0.1, 0.15) is 0 Å². The molecule has 2 aliphatic heterocycles. The van der Waals surface area contributed by atoms with Crippen LogP contribution < -0.4 is 5.32 Å². The molecule has 2 rings (SSSR count). The second-order valence-corrected chi connectivity index (χ2v) is 4.52. The Morgan fingerprint density at radius 2 is 2.20 bits per heavy atom. The third kappa shape index (κ3) is 2.32. The molecule has 4 heteroatoms. The number of likely N-dealkylation sites (tertiary alicyclic amines) is 1. The van der Waals surface area contributed by atoms with Crippen LogP contribution in [0.3, 0.4) is 0 Å². The molecule has 2 atom stereocenters. The minimum atomic E-state index is 0.00662. The van der Waals surface area contributed by atoms with Gasteiger partial charge in [0.25, 0.3) is 0 Å². The quantitative estimate of drug-likeness (QED) is 0.683. The van der Waals surface area contributed by atoms with E-state index in [0.717, 1.165) is 45.2 Å². The number of hydrogen-bond acceptors (Lipinski definition) is 3. The third-order valence-corrected chi connectivity index (χ3v) is 3.54. The van der Waals surface area contributed by atoms with Gasteiger partial charge in [-0.3, -0.25) is 9.69 Å². The second kappa shape index (κ2) is 4.94. The van der Waals surface area contributed by atoms with Gasteiger partial charge in [-0.2, -0.15) is 0 Å². The lowest BCUT2D eigenvalue weighted by molar-refractivity contribution is -0.126. The van der Waals surface area contributed by atoms with Crippen LogP contribution in [0.4, 0.5) is 0 Å². The van der Waals surface area contributed by atoms with Crippen LogP contribution in [0.5, 0.6) is 0 Å². The van der Waals surface area contributed by atoms with Crippen LogP contribution in [0, 0.1) is 0 Å². The van der Waals surface area contributed by atoms with Gasteiger partial charge in [0.2, 0.25) is 5.91 Å². The van der Waals surface area contributed by atoms with Gasteiger partial charge >= 0.3 is 0 Å². The van der Waals surface area contributed by atoms with Crippen molar-refractivity contribution >= 4 is 5.91 Å². The van der Waals surface area contributed by atoms with Crippen LogP contribution in [0.15, 0.2) is 0 Å². The molecule has 0 aromatic heterocycles. The summed E-state index contributed by atoms with van der Waals surface area (Å²) in [6, 6.07) is 0.214. The highest BCUT2D eigenvalue weighted by molar-refractivity contribution is 5.82. The molecular weight excluding hydrogens is 192 g/mol. The molecule has 0 saturated carbocycles. The normalized spacial score (nSPS) is 33.8. The van der Waals surface area contributed by atoms with Crippen LogP contribution in [0.1, 0.15) is 32.1 Å². The molecule has 4 nitrogen and oxygen atoms in total. The first-order valence-corrected chi connectivity index (χ1v) is 5.97. The molecule has 1 unspecified atom stereocenters. The summed E-state index contributed by atoms with van der Waals surface area (Å²) in [6.45, 7) is 1.96. The minimum absolute atomic E-state index is 0.00662. The Bertz CT molecular complexity index is 233. The fraction of sp³-hybridized carbons (Fsp3) is 0.909. The standard InChI is InChI=1S/C11H20N2O2/c14-8-9-4-3-7-13(9)10-5-1-2-6-12-11(10)15/h9-10,14H,1-8H2,(H,12,15)/t9-,10?/m1/s1. The van der Waals surface area contributed by atoms with Crippen molar-refractivity contribution in [3.63, 3.8) is 0 Å². The summed E-state index contributed by atoms with van der Waals surface area (Å²) in [5.74, 6) is 0.160. The maximum Gasteiger partial charge on any atom is 0.237 e. The van der Waals surface area contributed by atoms with Crippen molar-refractivity contribution in [2.45, 2.75) is 44.2 Å². The smallest absolute Gasteiger partial charge is 0.237 e. The Morgan fingerprint density at radius 3 is 3.00 bits per heavy atom. The molecule has 0 spiro atoms. The predicted octanol–water partition coefficient (Wildman–Crippen LogP) is 0.112. The van der Waals surface area contributed by atoms with Crippen molar-refractivity contribution in [1.82, 2.24) is 10.2 Å². The number of amides is 1. The third-order valence-electron chi connectivity index (χ3n) is 3.54. The maximum atomic E-state index is 11.8. The Hall–Kier alpha value is -0.610. The zero-order valence-corrected chi connectivity index (χ0v) is 9.11. The highest BCUT2D eigenvalue weighted by Gasteiger charge is 2.34. The molecule has 2 aliphatic rings. The molecule has 0 aromatic rings. The monoisotopic (exact) mass is 212 g/mol. The van der Waals surface area contributed by atoms with E-state index in [4.69, 9.17) is 0 Å². The highest BCUT2D eigenvalue weighted by atomic mass is 16.3. The topological polar surface area (TPSA) is 52.6 Å². The van der Waals surface area contributed by atoms with Gasteiger partial charge in [-0.05, 0) is 38.6 Å². The molecule has 1 amide bonds. The van der Waals surface area contributed by atoms with E-state index in [0.29, 0.717) is 0 Å². The van der Waals surface area contributed by atoms with Crippen molar-refractivity contribution in [2.24, 2.45) is 0 Å². The molecular formula is C11H20N2O2. The number of nitrogens with zero attached hydrogens (tertiary/aromatic N) is 1. The van der Waals surface area contributed by atoms with Gasteiger partial charge in [-0.15, -0.1) is 0 Å². The Morgan fingerprint density at radius 1 is 1.33 bits per heavy atom. The zero-order chi connectivity index (χ0) is 10.7. The fourth-order valence-corrected chi connectivity index (χ4v) is 2.70. The van der Waals surface area contributed by atoms with E-state index in [9.17, 15) is 9.90 Å². The summed E-state index contributed by atoms with van der Waals surface area (Å²) in [7, 11) is 0. The van der Waals surface area contributed by atoms with E-state index >= 15 is 0 Å². The first-order valence-electron chi connectivity index (χ1n) is 5.97. The molecule has 2 saturated heterocycles. The number of aliphatic hydroxyl groups excluding tert-OH is 1.